The van der Waals surface area contributed by atoms with Gasteiger partial charge in [0.1, 0.15) is 11.6 Å². The Bertz CT molecular complexity index is 339. The zero-order valence-corrected chi connectivity index (χ0v) is 10.6. The molecule has 1 aromatic carbocycles. The van der Waals surface area contributed by atoms with Gasteiger partial charge in [0.05, 0.1) is 0 Å². The summed E-state index contributed by atoms with van der Waals surface area (Å²) >= 11 is 0. The van der Waals surface area contributed by atoms with Crippen LogP contribution in [0.5, 0.6) is 0 Å². The van der Waals surface area contributed by atoms with Gasteiger partial charge < -0.3 is 5.32 Å². The van der Waals surface area contributed by atoms with Gasteiger partial charge in [-0.1, -0.05) is 13.8 Å². The minimum atomic E-state index is -0.363. The molecule has 1 unspecified atom stereocenters. The van der Waals surface area contributed by atoms with E-state index in [4.69, 9.17) is 0 Å². The fourth-order valence-electron chi connectivity index (χ4n) is 1.83. The van der Waals surface area contributed by atoms with Crippen LogP contribution in [-0.4, -0.2) is 13.1 Å². The summed E-state index contributed by atoms with van der Waals surface area (Å²) in [6.07, 6.45) is 2.69. The van der Waals surface area contributed by atoms with E-state index in [1.54, 1.807) is 0 Å². The summed E-state index contributed by atoms with van der Waals surface area (Å²) in [5.41, 5.74) is 0.480. The van der Waals surface area contributed by atoms with Crippen LogP contribution in [0.3, 0.4) is 0 Å². The fourth-order valence-corrected chi connectivity index (χ4v) is 1.83. The molecule has 1 aromatic rings. The Morgan fingerprint density at radius 1 is 1.24 bits per heavy atom. The smallest absolute Gasteiger partial charge is 0.126 e. The van der Waals surface area contributed by atoms with E-state index in [0.717, 1.165) is 32.0 Å². The van der Waals surface area contributed by atoms with Gasteiger partial charge in [0.2, 0.25) is 0 Å². The average molecular weight is 241 g/mol. The molecule has 0 bridgehead atoms. The molecular weight excluding hydrogens is 220 g/mol. The minimum absolute atomic E-state index is 0.306. The first-order valence-corrected chi connectivity index (χ1v) is 6.28. The summed E-state index contributed by atoms with van der Waals surface area (Å²) in [5.74, 6) is -0.312. The van der Waals surface area contributed by atoms with Crippen molar-refractivity contribution in [1.82, 2.24) is 5.32 Å². The van der Waals surface area contributed by atoms with E-state index in [2.05, 4.69) is 19.2 Å². The summed E-state index contributed by atoms with van der Waals surface area (Å²) in [6.45, 7) is 6.14. The highest BCUT2D eigenvalue weighted by Gasteiger charge is 2.08. The maximum Gasteiger partial charge on any atom is 0.126 e. The number of hydrogen-bond acceptors (Lipinski definition) is 1. The van der Waals surface area contributed by atoms with Crippen LogP contribution in [0.15, 0.2) is 18.2 Å². The lowest BCUT2D eigenvalue weighted by atomic mass is 9.97. The minimum Gasteiger partial charge on any atom is -0.317 e. The predicted octanol–water partition coefficient (Wildman–Crippen LogP) is 3.53. The van der Waals surface area contributed by atoms with Crippen LogP contribution in [0.2, 0.25) is 0 Å². The lowest BCUT2D eigenvalue weighted by molar-refractivity contribution is 0.483. The third-order valence-electron chi connectivity index (χ3n) is 2.82. The van der Waals surface area contributed by atoms with Gasteiger partial charge in [-0.05, 0) is 62.0 Å². The Labute approximate surface area is 102 Å². The lowest BCUT2D eigenvalue weighted by Crippen LogP contribution is -2.18. The molecule has 0 radical (unpaired) electrons. The summed E-state index contributed by atoms with van der Waals surface area (Å²) in [4.78, 5) is 0. The van der Waals surface area contributed by atoms with E-state index in [-0.39, 0.29) is 11.6 Å². The van der Waals surface area contributed by atoms with Crippen molar-refractivity contribution in [2.45, 2.75) is 33.1 Å². The topological polar surface area (TPSA) is 12.0 Å². The first kappa shape index (κ1) is 14.1. The molecule has 0 spiro atoms. The summed E-state index contributed by atoms with van der Waals surface area (Å²) in [7, 11) is 0. The largest absolute Gasteiger partial charge is 0.317 e. The third-order valence-corrected chi connectivity index (χ3v) is 2.82. The number of benzene rings is 1. The number of hydrogen-bond donors (Lipinski definition) is 1. The summed E-state index contributed by atoms with van der Waals surface area (Å²) in [5, 5.41) is 3.31. The van der Waals surface area contributed by atoms with Crippen molar-refractivity contribution in [1.29, 1.82) is 0 Å². The van der Waals surface area contributed by atoms with E-state index >= 15 is 0 Å². The fraction of sp³-hybridized carbons (Fsp3) is 0.571. The molecule has 96 valence electrons. The first-order chi connectivity index (χ1) is 8.13. The van der Waals surface area contributed by atoms with Gasteiger partial charge in [0.15, 0.2) is 0 Å². The van der Waals surface area contributed by atoms with Crippen molar-refractivity contribution in [2.75, 3.05) is 13.1 Å². The molecular formula is C14H21F2N. The molecule has 1 nitrogen and oxygen atoms in total. The zero-order chi connectivity index (χ0) is 12.7. The van der Waals surface area contributed by atoms with Crippen LogP contribution in [0.25, 0.3) is 0 Å². The van der Waals surface area contributed by atoms with Crippen LogP contribution in [0.1, 0.15) is 32.3 Å². The molecule has 0 aromatic heterocycles. The van der Waals surface area contributed by atoms with Crippen LogP contribution in [0, 0.1) is 17.6 Å². The second-order valence-corrected chi connectivity index (χ2v) is 4.58. The Balaban J connectivity index is 2.39. The normalized spacial score (nSPS) is 12.7. The zero-order valence-electron chi connectivity index (χ0n) is 10.6. The van der Waals surface area contributed by atoms with Gasteiger partial charge in [-0.15, -0.1) is 0 Å². The second kappa shape index (κ2) is 7.38. The number of halogens is 2. The van der Waals surface area contributed by atoms with Crippen molar-refractivity contribution in [3.05, 3.63) is 35.4 Å². The standard InChI is InChI=1S/C14H21F2N/c1-3-7-17-8-6-11(2)9-12-10-13(15)4-5-14(12)16/h4-5,10-11,17H,3,6-9H2,1-2H3. The molecule has 0 fully saturated rings. The monoisotopic (exact) mass is 241 g/mol. The number of nitrogens with one attached hydrogen (secondary N) is 1. The summed E-state index contributed by atoms with van der Waals surface area (Å²) < 4.78 is 26.4. The predicted molar refractivity (Wildman–Crippen MR) is 67.0 cm³/mol. The highest BCUT2D eigenvalue weighted by Crippen LogP contribution is 2.16. The molecule has 0 aliphatic heterocycles. The maximum atomic E-state index is 13.4. The van der Waals surface area contributed by atoms with E-state index in [9.17, 15) is 8.78 Å². The van der Waals surface area contributed by atoms with Crippen molar-refractivity contribution in [3.63, 3.8) is 0 Å². The third kappa shape index (κ3) is 5.26. The van der Waals surface area contributed by atoms with Gasteiger partial charge in [0, 0.05) is 0 Å². The van der Waals surface area contributed by atoms with E-state index < -0.39 is 0 Å². The molecule has 1 N–H and O–H groups in total. The molecule has 0 saturated heterocycles. The van der Waals surface area contributed by atoms with Crippen LogP contribution in [-0.2, 0) is 6.42 Å². The molecule has 17 heavy (non-hydrogen) atoms. The van der Waals surface area contributed by atoms with Gasteiger partial charge in [0.25, 0.3) is 0 Å². The van der Waals surface area contributed by atoms with Crippen molar-refractivity contribution in [2.24, 2.45) is 5.92 Å². The van der Waals surface area contributed by atoms with Gasteiger partial charge in [-0.3, -0.25) is 0 Å². The molecule has 3 heteroatoms. The van der Waals surface area contributed by atoms with E-state index in [1.807, 2.05) is 0 Å². The Morgan fingerprint density at radius 2 is 2.00 bits per heavy atom. The van der Waals surface area contributed by atoms with Crippen molar-refractivity contribution >= 4 is 0 Å². The SMILES string of the molecule is CCCNCCC(C)Cc1cc(F)ccc1F. The second-order valence-electron chi connectivity index (χ2n) is 4.58. The van der Waals surface area contributed by atoms with Gasteiger partial charge in [-0.25, -0.2) is 8.78 Å². The van der Waals surface area contributed by atoms with Crippen molar-refractivity contribution in [3.8, 4) is 0 Å². The molecule has 0 saturated carbocycles. The van der Waals surface area contributed by atoms with Crippen LogP contribution >= 0.6 is 0 Å². The Morgan fingerprint density at radius 3 is 2.71 bits per heavy atom. The number of rotatable bonds is 7. The molecule has 0 heterocycles. The maximum absolute atomic E-state index is 13.4. The first-order valence-electron chi connectivity index (χ1n) is 6.28. The quantitative estimate of drug-likeness (QED) is 0.720. The molecule has 1 rings (SSSR count). The van der Waals surface area contributed by atoms with Crippen LogP contribution < -0.4 is 5.32 Å². The van der Waals surface area contributed by atoms with Gasteiger partial charge in [-0.2, -0.15) is 0 Å². The Kier molecular flexibility index (Phi) is 6.12. The van der Waals surface area contributed by atoms with E-state index in [1.165, 1.54) is 12.1 Å². The molecule has 0 aliphatic rings. The highest BCUT2D eigenvalue weighted by molar-refractivity contribution is 5.19. The van der Waals surface area contributed by atoms with E-state index in [0.29, 0.717) is 17.9 Å². The average Bonchev–Trinajstić information content (AvgIpc) is 2.29. The molecule has 1 atom stereocenters. The Hall–Kier alpha value is -0.960. The highest BCUT2D eigenvalue weighted by atomic mass is 19.1. The molecule has 0 amide bonds. The van der Waals surface area contributed by atoms with Crippen molar-refractivity contribution < 1.29 is 8.78 Å². The molecule has 0 aliphatic carbocycles. The van der Waals surface area contributed by atoms with Gasteiger partial charge >= 0.3 is 0 Å². The lowest BCUT2D eigenvalue weighted by Gasteiger charge is -2.12. The summed E-state index contributed by atoms with van der Waals surface area (Å²) in [6, 6.07) is 3.66. The van der Waals surface area contributed by atoms with Crippen LogP contribution in [0.4, 0.5) is 8.78 Å².